The molecule has 1 saturated heterocycles. The maximum absolute atomic E-state index is 13.8. The first kappa shape index (κ1) is 26.9. The highest BCUT2D eigenvalue weighted by molar-refractivity contribution is 7.92. The van der Waals surface area contributed by atoms with Crippen LogP contribution in [-0.4, -0.2) is 55.4 Å². The number of rotatable bonds is 7. The molecule has 2 amide bonds. The number of benzene rings is 2. The largest absolute Gasteiger partial charge is 0.377 e. The van der Waals surface area contributed by atoms with Gasteiger partial charge in [0.25, 0.3) is 0 Å². The van der Waals surface area contributed by atoms with Crippen LogP contribution in [0.2, 0.25) is 0 Å². The van der Waals surface area contributed by atoms with Crippen LogP contribution >= 0.6 is 0 Å². The van der Waals surface area contributed by atoms with Gasteiger partial charge in [0.1, 0.15) is 16.3 Å². The molecule has 0 spiro atoms. The first-order chi connectivity index (χ1) is 19.7. The van der Waals surface area contributed by atoms with Crippen LogP contribution in [0.15, 0.2) is 76.1 Å². The number of anilines is 3. The minimum absolute atomic E-state index is 0.0684. The molecule has 11 nitrogen and oxygen atoms in total. The van der Waals surface area contributed by atoms with Gasteiger partial charge in [0.15, 0.2) is 21.5 Å². The molecule has 2 N–H and O–H groups in total. The minimum atomic E-state index is -3.68. The molecule has 2 aromatic carbocycles. The van der Waals surface area contributed by atoms with Gasteiger partial charge >= 0.3 is 6.03 Å². The van der Waals surface area contributed by atoms with Gasteiger partial charge in [-0.1, -0.05) is 23.4 Å². The van der Waals surface area contributed by atoms with Gasteiger partial charge in [0.2, 0.25) is 0 Å². The van der Waals surface area contributed by atoms with Gasteiger partial charge in [-0.25, -0.2) is 23.2 Å². The summed E-state index contributed by atoms with van der Waals surface area (Å²) < 4.78 is 37.2. The summed E-state index contributed by atoms with van der Waals surface area (Å²) in [5.74, 6) is 1.98. The molecule has 2 aromatic heterocycles. The van der Waals surface area contributed by atoms with Crippen molar-refractivity contribution >= 4 is 33.2 Å². The molecule has 1 aliphatic carbocycles. The predicted molar refractivity (Wildman–Crippen MR) is 154 cm³/mol. The third-order valence-electron chi connectivity index (χ3n) is 7.38. The van der Waals surface area contributed by atoms with Crippen LogP contribution < -0.4 is 15.5 Å². The van der Waals surface area contributed by atoms with Crippen molar-refractivity contribution in [1.29, 1.82) is 0 Å². The number of hydrogen-bond acceptors (Lipinski definition) is 9. The van der Waals surface area contributed by atoms with Gasteiger partial charge in [-0.15, -0.1) is 0 Å². The number of nitrogens with one attached hydrogen (secondary N) is 2. The van der Waals surface area contributed by atoms with Crippen molar-refractivity contribution in [2.45, 2.75) is 42.4 Å². The third kappa shape index (κ3) is 5.27. The molecule has 212 valence electrons. The third-order valence-corrected chi connectivity index (χ3v) is 9.92. The summed E-state index contributed by atoms with van der Waals surface area (Å²) in [7, 11) is -3.68. The van der Waals surface area contributed by atoms with Gasteiger partial charge in [0.05, 0.1) is 29.8 Å². The Labute approximate surface area is 237 Å². The minimum Gasteiger partial charge on any atom is -0.377 e. The molecule has 1 saturated carbocycles. The average Bonchev–Trinajstić information content (AvgIpc) is 3.71. The molecule has 6 rings (SSSR count). The van der Waals surface area contributed by atoms with Crippen molar-refractivity contribution < 1.29 is 22.5 Å². The summed E-state index contributed by atoms with van der Waals surface area (Å²) in [5.41, 5.74) is 1.74. The standard InChI is InChI=1S/C29H30N6O5S/c1-19-18-39-15-14-35(19)26-17-24(29(12-13-29)41(37,38)23-6-4-3-5-7-23)31-27(33-26)21-8-10-22(11-9-21)30-28(36)32-25-16-20(2)40-34-25/h3-11,16-17,19H,12-15,18H2,1-2H3,(H2,30,32,34,36)/t19-/m0/s1. The summed E-state index contributed by atoms with van der Waals surface area (Å²) in [4.78, 5) is 24.5. The SMILES string of the molecule is Cc1cc(NC(=O)Nc2ccc(-c3nc(N4CCOC[C@@H]4C)cc(C4(S(=O)(=O)c5ccccc5)CC4)n3)cc2)no1. The fourth-order valence-corrected chi connectivity index (χ4v) is 7.01. The molecule has 2 aliphatic rings. The molecule has 3 heterocycles. The summed E-state index contributed by atoms with van der Waals surface area (Å²) >= 11 is 0. The number of aryl methyl sites for hydroxylation is 1. The van der Waals surface area contributed by atoms with E-state index in [1.807, 2.05) is 6.07 Å². The lowest BCUT2D eigenvalue weighted by Crippen LogP contribution is -2.44. The fourth-order valence-electron chi connectivity index (χ4n) is 5.02. The van der Waals surface area contributed by atoms with Crippen molar-refractivity contribution in [2.75, 3.05) is 35.3 Å². The lowest BCUT2D eigenvalue weighted by molar-refractivity contribution is 0.0985. The highest BCUT2D eigenvalue weighted by Crippen LogP contribution is 2.55. The van der Waals surface area contributed by atoms with E-state index in [9.17, 15) is 13.2 Å². The molecular formula is C29H30N6O5S. The van der Waals surface area contributed by atoms with Gasteiger partial charge in [-0.05, 0) is 63.1 Å². The number of aromatic nitrogens is 3. The zero-order valence-corrected chi connectivity index (χ0v) is 23.5. The maximum atomic E-state index is 13.8. The number of sulfone groups is 1. The molecule has 4 aromatic rings. The second-order valence-corrected chi connectivity index (χ2v) is 12.6. The lowest BCUT2D eigenvalue weighted by Gasteiger charge is -2.34. The molecule has 1 atom stereocenters. The number of nitrogens with zero attached hydrogens (tertiary/aromatic N) is 4. The van der Waals surface area contributed by atoms with Crippen LogP contribution in [0.3, 0.4) is 0 Å². The topological polar surface area (TPSA) is 140 Å². The lowest BCUT2D eigenvalue weighted by atomic mass is 10.1. The van der Waals surface area contributed by atoms with Crippen LogP contribution in [0.5, 0.6) is 0 Å². The van der Waals surface area contributed by atoms with Crippen molar-refractivity contribution in [1.82, 2.24) is 15.1 Å². The quantitative estimate of drug-likeness (QED) is 0.319. The Balaban J connectivity index is 1.33. The number of amides is 2. The van der Waals surface area contributed by atoms with Gasteiger partial charge in [-0.3, -0.25) is 5.32 Å². The van der Waals surface area contributed by atoms with E-state index in [-0.39, 0.29) is 10.9 Å². The van der Waals surface area contributed by atoms with E-state index in [0.29, 0.717) is 72.8 Å². The molecule has 0 unspecified atom stereocenters. The number of carbonyl (C=O) groups is 1. The van der Waals surface area contributed by atoms with E-state index in [1.165, 1.54) is 0 Å². The Morgan fingerprint density at radius 1 is 1.02 bits per heavy atom. The number of urea groups is 1. The highest BCUT2D eigenvalue weighted by Gasteiger charge is 2.58. The Hall–Kier alpha value is -4.29. The Morgan fingerprint density at radius 3 is 2.44 bits per heavy atom. The van der Waals surface area contributed by atoms with Crippen molar-refractivity contribution in [2.24, 2.45) is 0 Å². The Kier molecular flexibility index (Phi) is 6.96. The molecule has 1 aliphatic heterocycles. The van der Waals surface area contributed by atoms with Crippen molar-refractivity contribution in [3.05, 3.63) is 78.2 Å². The summed E-state index contributed by atoms with van der Waals surface area (Å²) in [6.07, 6.45) is 0.976. The number of carbonyl (C=O) groups excluding carboxylic acids is 1. The van der Waals surface area contributed by atoms with Gasteiger partial charge in [-0.2, -0.15) is 0 Å². The van der Waals surface area contributed by atoms with Gasteiger partial charge < -0.3 is 19.5 Å². The van der Waals surface area contributed by atoms with E-state index in [0.717, 1.165) is 0 Å². The maximum Gasteiger partial charge on any atom is 0.324 e. The van der Waals surface area contributed by atoms with E-state index >= 15 is 0 Å². The van der Waals surface area contributed by atoms with Crippen LogP contribution in [0.4, 0.5) is 22.1 Å². The second-order valence-electron chi connectivity index (χ2n) is 10.3. The summed E-state index contributed by atoms with van der Waals surface area (Å²) in [6, 6.07) is 18.7. The molecule has 0 bridgehead atoms. The van der Waals surface area contributed by atoms with Crippen LogP contribution in [0.1, 0.15) is 31.2 Å². The molecule has 12 heteroatoms. The summed E-state index contributed by atoms with van der Waals surface area (Å²) in [5, 5.41) is 9.12. The molecule has 2 fully saturated rings. The summed E-state index contributed by atoms with van der Waals surface area (Å²) in [6.45, 7) is 5.54. The van der Waals surface area contributed by atoms with E-state index in [1.54, 1.807) is 67.6 Å². The fraction of sp³-hybridized carbons (Fsp3) is 0.310. The smallest absolute Gasteiger partial charge is 0.324 e. The first-order valence-electron chi connectivity index (χ1n) is 13.4. The van der Waals surface area contributed by atoms with Crippen LogP contribution in [-0.2, 0) is 19.3 Å². The molecule has 41 heavy (non-hydrogen) atoms. The number of hydrogen-bond donors (Lipinski definition) is 2. The normalized spacial score (nSPS) is 18.1. The predicted octanol–water partition coefficient (Wildman–Crippen LogP) is 4.77. The number of morpholine rings is 1. The average molecular weight is 575 g/mol. The Bertz CT molecular complexity index is 1670. The number of ether oxygens (including phenoxy) is 1. The van der Waals surface area contributed by atoms with E-state index in [2.05, 4.69) is 27.6 Å². The molecular weight excluding hydrogens is 544 g/mol. The monoisotopic (exact) mass is 574 g/mol. The zero-order chi connectivity index (χ0) is 28.6. The zero-order valence-electron chi connectivity index (χ0n) is 22.7. The van der Waals surface area contributed by atoms with Gasteiger partial charge in [0, 0.05) is 29.9 Å². The van der Waals surface area contributed by atoms with E-state index in [4.69, 9.17) is 19.2 Å². The first-order valence-corrected chi connectivity index (χ1v) is 14.9. The van der Waals surface area contributed by atoms with Crippen molar-refractivity contribution in [3.63, 3.8) is 0 Å². The highest BCUT2D eigenvalue weighted by atomic mass is 32.2. The molecule has 0 radical (unpaired) electrons. The van der Waals surface area contributed by atoms with Crippen LogP contribution in [0, 0.1) is 6.92 Å². The van der Waals surface area contributed by atoms with E-state index < -0.39 is 20.6 Å². The Morgan fingerprint density at radius 2 is 1.78 bits per heavy atom. The van der Waals surface area contributed by atoms with Crippen LogP contribution in [0.25, 0.3) is 11.4 Å². The second kappa shape index (κ2) is 10.6. The van der Waals surface area contributed by atoms with Crippen molar-refractivity contribution in [3.8, 4) is 11.4 Å².